The molecule has 0 saturated carbocycles. The molecule has 1 radical (unpaired) electrons. The van der Waals surface area contributed by atoms with Gasteiger partial charge in [-0.3, -0.25) is 4.79 Å². The Morgan fingerprint density at radius 3 is 2.09 bits per heavy atom. The van der Waals surface area contributed by atoms with Crippen LogP contribution in [0.15, 0.2) is 24.3 Å². The molecule has 1 saturated heterocycles. The van der Waals surface area contributed by atoms with E-state index in [0.29, 0.717) is 0 Å². The minimum atomic E-state index is -1.14. The van der Waals surface area contributed by atoms with Crippen LogP contribution in [0.4, 0.5) is 0 Å². The third-order valence-corrected chi connectivity index (χ3v) is 4.49. The molecule has 1 aliphatic heterocycles. The van der Waals surface area contributed by atoms with Crippen LogP contribution in [0.3, 0.4) is 0 Å². The van der Waals surface area contributed by atoms with Crippen LogP contribution in [0.5, 0.6) is 0 Å². The van der Waals surface area contributed by atoms with Gasteiger partial charge < -0.3 is 10.5 Å². The van der Waals surface area contributed by atoms with E-state index in [1.54, 1.807) is 0 Å². The molecule has 5 heteroatoms. The maximum absolute atomic E-state index is 12.6. The molecule has 23 heavy (non-hydrogen) atoms. The van der Waals surface area contributed by atoms with Crippen molar-refractivity contribution in [2.24, 2.45) is 5.73 Å². The van der Waals surface area contributed by atoms with Gasteiger partial charge in [-0.15, -0.1) is 10.3 Å². The van der Waals surface area contributed by atoms with Gasteiger partial charge in [-0.05, 0) is 53.0 Å². The van der Waals surface area contributed by atoms with E-state index in [1.807, 2.05) is 58.9 Å². The third-order valence-electron chi connectivity index (χ3n) is 4.49. The molecule has 127 valence electrons. The van der Waals surface area contributed by atoms with Crippen LogP contribution in [-0.2, 0) is 21.3 Å². The van der Waals surface area contributed by atoms with Gasteiger partial charge in [-0.1, -0.05) is 29.8 Å². The first kappa shape index (κ1) is 17.9. The minimum Gasteiger partial charge on any atom is -0.459 e. The summed E-state index contributed by atoms with van der Waals surface area (Å²) in [7, 11) is 0. The highest BCUT2D eigenvalue weighted by molar-refractivity contribution is 5.81. The summed E-state index contributed by atoms with van der Waals surface area (Å²) in [5.74, 6) is -0.438. The van der Waals surface area contributed by atoms with Crippen molar-refractivity contribution < 1.29 is 14.7 Å². The fraction of sp³-hybridized carbons (Fsp3) is 0.611. The average molecular weight is 319 g/mol. The first-order valence-corrected chi connectivity index (χ1v) is 7.95. The normalized spacial score (nSPS) is 22.6. The van der Waals surface area contributed by atoms with Gasteiger partial charge in [0.25, 0.3) is 0 Å². The molecule has 2 rings (SSSR count). The number of hydroxylamine groups is 2. The molecular formula is C18H27N2O3. The van der Waals surface area contributed by atoms with E-state index in [4.69, 9.17) is 10.5 Å². The third kappa shape index (κ3) is 3.74. The van der Waals surface area contributed by atoms with Crippen molar-refractivity contribution in [1.29, 1.82) is 0 Å². The molecule has 1 aromatic carbocycles. The van der Waals surface area contributed by atoms with Gasteiger partial charge in [0.05, 0.1) is 0 Å². The van der Waals surface area contributed by atoms with Gasteiger partial charge in [0.2, 0.25) is 0 Å². The molecule has 0 atom stereocenters. The second-order valence-electron chi connectivity index (χ2n) is 7.99. The van der Waals surface area contributed by atoms with E-state index < -0.39 is 22.6 Å². The van der Waals surface area contributed by atoms with E-state index in [1.165, 1.54) is 0 Å². The molecule has 0 aromatic heterocycles. The number of hydrogen-bond donors (Lipinski definition) is 1. The molecule has 5 nitrogen and oxygen atoms in total. The molecule has 1 heterocycles. The van der Waals surface area contributed by atoms with Crippen LogP contribution in [0, 0.1) is 6.92 Å². The van der Waals surface area contributed by atoms with Gasteiger partial charge in [-0.25, -0.2) is 0 Å². The second kappa shape index (κ2) is 5.89. The number of carbonyl (C=O) groups is 1. The molecule has 0 amide bonds. The molecule has 0 bridgehead atoms. The first-order chi connectivity index (χ1) is 10.5. The highest BCUT2D eigenvalue weighted by atomic mass is 16.5. The van der Waals surface area contributed by atoms with Crippen molar-refractivity contribution in [3.8, 4) is 0 Å². The summed E-state index contributed by atoms with van der Waals surface area (Å²) in [4.78, 5) is 12.6. The molecule has 2 N–H and O–H groups in total. The topological polar surface area (TPSA) is 75.5 Å². The van der Waals surface area contributed by atoms with E-state index in [9.17, 15) is 10.0 Å². The van der Waals surface area contributed by atoms with Crippen molar-refractivity contribution in [3.63, 3.8) is 0 Å². The van der Waals surface area contributed by atoms with Crippen LogP contribution >= 0.6 is 0 Å². The maximum atomic E-state index is 12.6. The molecule has 1 fully saturated rings. The van der Waals surface area contributed by atoms with E-state index in [-0.39, 0.29) is 19.4 Å². The monoisotopic (exact) mass is 319 g/mol. The Hall–Kier alpha value is -1.43. The van der Waals surface area contributed by atoms with Crippen molar-refractivity contribution in [2.75, 3.05) is 0 Å². The molecular weight excluding hydrogens is 292 g/mol. The largest absolute Gasteiger partial charge is 0.459 e. The number of piperidine rings is 1. The molecule has 1 aliphatic rings. The number of hydrogen-bond acceptors (Lipinski definition) is 4. The summed E-state index contributed by atoms with van der Waals surface area (Å²) in [6.07, 6.45) is 0.555. The van der Waals surface area contributed by atoms with Crippen molar-refractivity contribution in [3.05, 3.63) is 35.4 Å². The van der Waals surface area contributed by atoms with E-state index >= 15 is 0 Å². The predicted octanol–water partition coefficient (Wildman–Crippen LogP) is 2.73. The standard InChI is InChI=1S/C18H27N2O3/c1-13-6-8-14(9-7-13)10-23-15(21)18(19)11-16(2,3)20(22)17(4,5)12-18/h6-9H,10-12,19H2,1-5H3. The Morgan fingerprint density at radius 1 is 1.13 bits per heavy atom. The van der Waals surface area contributed by atoms with Gasteiger partial charge in [0, 0.05) is 11.1 Å². The zero-order chi connectivity index (χ0) is 17.5. The zero-order valence-corrected chi connectivity index (χ0v) is 14.7. The van der Waals surface area contributed by atoms with Gasteiger partial charge in [-0.2, -0.15) is 0 Å². The number of esters is 1. The smallest absolute Gasteiger partial charge is 0.326 e. The Labute approximate surface area is 138 Å². The average Bonchev–Trinajstić information content (AvgIpc) is 2.43. The zero-order valence-electron chi connectivity index (χ0n) is 14.7. The van der Waals surface area contributed by atoms with Crippen LogP contribution in [0.25, 0.3) is 0 Å². The second-order valence-corrected chi connectivity index (χ2v) is 7.99. The lowest BCUT2D eigenvalue weighted by Crippen LogP contribution is -2.69. The lowest BCUT2D eigenvalue weighted by Gasteiger charge is -2.52. The molecule has 1 aromatic rings. The molecule has 0 spiro atoms. The maximum Gasteiger partial charge on any atom is 0.326 e. The highest BCUT2D eigenvalue weighted by Gasteiger charge is 2.55. The predicted molar refractivity (Wildman–Crippen MR) is 87.8 cm³/mol. The SMILES string of the molecule is Cc1ccc(COC(=O)C2(N)CC(C)(C)N([O])C(C)(C)C2)cc1. The Bertz CT molecular complexity index is 560. The Kier molecular flexibility index (Phi) is 4.59. The summed E-state index contributed by atoms with van der Waals surface area (Å²) in [6, 6.07) is 7.81. The minimum absolute atomic E-state index is 0.194. The quantitative estimate of drug-likeness (QED) is 0.869. The lowest BCUT2D eigenvalue weighted by molar-refractivity contribution is -0.295. The van der Waals surface area contributed by atoms with E-state index in [0.717, 1.165) is 16.2 Å². The van der Waals surface area contributed by atoms with Crippen molar-refractivity contribution in [1.82, 2.24) is 5.06 Å². The van der Waals surface area contributed by atoms with Crippen LogP contribution < -0.4 is 5.73 Å². The van der Waals surface area contributed by atoms with Crippen LogP contribution in [0.2, 0.25) is 0 Å². The fourth-order valence-corrected chi connectivity index (χ4v) is 3.69. The number of nitrogens with two attached hydrogens (primary N) is 1. The van der Waals surface area contributed by atoms with Gasteiger partial charge in [0.1, 0.15) is 12.1 Å². The van der Waals surface area contributed by atoms with Crippen LogP contribution in [-0.4, -0.2) is 27.6 Å². The van der Waals surface area contributed by atoms with Gasteiger partial charge >= 0.3 is 5.97 Å². The van der Waals surface area contributed by atoms with Crippen molar-refractivity contribution in [2.45, 2.75) is 70.7 Å². The highest BCUT2D eigenvalue weighted by Crippen LogP contribution is 2.41. The number of benzene rings is 1. The Morgan fingerprint density at radius 2 is 1.61 bits per heavy atom. The number of ether oxygens (including phenoxy) is 1. The summed E-state index contributed by atoms with van der Waals surface area (Å²) in [5, 5.41) is 13.5. The lowest BCUT2D eigenvalue weighted by atomic mass is 9.71. The number of rotatable bonds is 3. The van der Waals surface area contributed by atoms with Crippen molar-refractivity contribution >= 4 is 5.97 Å². The summed E-state index contributed by atoms with van der Waals surface area (Å²) < 4.78 is 5.45. The number of aryl methyl sites for hydroxylation is 1. The molecule has 0 unspecified atom stereocenters. The van der Waals surface area contributed by atoms with Crippen LogP contribution in [0.1, 0.15) is 51.7 Å². The fourth-order valence-electron chi connectivity index (χ4n) is 3.69. The summed E-state index contributed by atoms with van der Waals surface area (Å²) in [6.45, 7) is 9.46. The Balaban J connectivity index is 2.09. The van der Waals surface area contributed by atoms with E-state index in [2.05, 4.69) is 0 Å². The summed E-state index contributed by atoms with van der Waals surface area (Å²) >= 11 is 0. The van der Waals surface area contributed by atoms with Gasteiger partial charge in [0.15, 0.2) is 0 Å². The number of carbonyl (C=O) groups excluding carboxylic acids is 1. The number of nitrogens with zero attached hydrogens (tertiary/aromatic N) is 1. The molecule has 0 aliphatic carbocycles. The summed E-state index contributed by atoms with van der Waals surface area (Å²) in [5.41, 5.74) is 5.88. The first-order valence-electron chi connectivity index (χ1n) is 7.95.